The molecule has 0 aliphatic carbocycles. The van der Waals surface area contributed by atoms with Gasteiger partial charge < -0.3 is 5.11 Å². The first-order valence-corrected chi connectivity index (χ1v) is 5.83. The second-order valence-corrected chi connectivity index (χ2v) is 4.21. The molecule has 0 unspecified atom stereocenters. The number of hydrogen-bond donors (Lipinski definition) is 1. The van der Waals surface area contributed by atoms with Crippen molar-refractivity contribution in [1.29, 1.82) is 5.26 Å². The predicted molar refractivity (Wildman–Crippen MR) is 64.2 cm³/mol. The maximum atomic E-state index is 12.4. The summed E-state index contributed by atoms with van der Waals surface area (Å²) in [4.78, 5) is 1.23. The van der Waals surface area contributed by atoms with Gasteiger partial charge >= 0.3 is 6.18 Å². The molecule has 0 atom stereocenters. The lowest BCUT2D eigenvalue weighted by molar-refractivity contribution is -0.147. The van der Waals surface area contributed by atoms with Crippen molar-refractivity contribution in [2.75, 3.05) is 19.7 Å². The summed E-state index contributed by atoms with van der Waals surface area (Å²) in [5.74, 6) is 0. The fraction of sp³-hybridized carbons (Fsp3) is 0.462. The van der Waals surface area contributed by atoms with Crippen LogP contribution in [-0.4, -0.2) is 35.9 Å². The Balaban J connectivity index is 2.67. The van der Waals surface area contributed by atoms with E-state index in [0.717, 1.165) is 0 Å². The van der Waals surface area contributed by atoms with Crippen LogP contribution in [0.2, 0.25) is 0 Å². The summed E-state index contributed by atoms with van der Waals surface area (Å²) in [5.41, 5.74) is 1.18. The normalized spacial score (nSPS) is 11.6. The minimum absolute atomic E-state index is 0.137. The van der Waals surface area contributed by atoms with Crippen LogP contribution in [0.4, 0.5) is 13.2 Å². The van der Waals surface area contributed by atoms with Crippen molar-refractivity contribution in [2.45, 2.75) is 19.1 Å². The molecule has 1 aromatic rings. The number of aliphatic hydroxyl groups is 1. The zero-order chi connectivity index (χ0) is 14.3. The molecule has 0 amide bonds. The number of nitriles is 1. The van der Waals surface area contributed by atoms with E-state index in [9.17, 15) is 13.2 Å². The average molecular weight is 272 g/mol. The first-order chi connectivity index (χ1) is 8.94. The number of rotatable bonds is 6. The van der Waals surface area contributed by atoms with E-state index in [1.54, 1.807) is 24.3 Å². The van der Waals surface area contributed by atoms with Gasteiger partial charge in [-0.3, -0.25) is 4.90 Å². The third kappa shape index (κ3) is 6.22. The summed E-state index contributed by atoms with van der Waals surface area (Å²) in [5, 5.41) is 17.3. The molecule has 0 aliphatic heterocycles. The third-order valence-electron chi connectivity index (χ3n) is 2.52. The minimum Gasteiger partial charge on any atom is -0.396 e. The summed E-state index contributed by atoms with van der Waals surface area (Å²) in [6.07, 6.45) is -3.96. The Morgan fingerprint density at radius 2 is 1.84 bits per heavy atom. The smallest absolute Gasteiger partial charge is 0.396 e. The number of benzene rings is 1. The Bertz CT molecular complexity index is 423. The van der Waals surface area contributed by atoms with Crippen LogP contribution >= 0.6 is 0 Å². The van der Waals surface area contributed by atoms with Crippen molar-refractivity contribution in [3.05, 3.63) is 35.4 Å². The van der Waals surface area contributed by atoms with Crippen LogP contribution in [0.1, 0.15) is 17.5 Å². The van der Waals surface area contributed by atoms with Crippen molar-refractivity contribution in [2.24, 2.45) is 0 Å². The Labute approximate surface area is 109 Å². The van der Waals surface area contributed by atoms with Crippen LogP contribution in [0.5, 0.6) is 0 Å². The summed E-state index contributed by atoms with van der Waals surface area (Å²) in [7, 11) is 0. The molecule has 0 aliphatic rings. The molecule has 1 N–H and O–H groups in total. The van der Waals surface area contributed by atoms with Gasteiger partial charge in [-0.05, 0) is 24.1 Å². The molecule has 3 nitrogen and oxygen atoms in total. The molecule has 6 heteroatoms. The number of halogens is 3. The monoisotopic (exact) mass is 272 g/mol. The third-order valence-corrected chi connectivity index (χ3v) is 2.52. The number of nitrogens with zero attached hydrogens (tertiary/aromatic N) is 2. The largest absolute Gasteiger partial charge is 0.401 e. The maximum Gasteiger partial charge on any atom is 0.401 e. The molecule has 1 aromatic carbocycles. The second-order valence-electron chi connectivity index (χ2n) is 4.21. The van der Waals surface area contributed by atoms with E-state index < -0.39 is 12.7 Å². The van der Waals surface area contributed by atoms with Gasteiger partial charge in [-0.2, -0.15) is 18.4 Å². The highest BCUT2D eigenvalue weighted by molar-refractivity contribution is 5.31. The minimum atomic E-state index is -4.26. The van der Waals surface area contributed by atoms with Gasteiger partial charge in [0.1, 0.15) is 0 Å². The molecule has 0 spiro atoms. The quantitative estimate of drug-likeness (QED) is 0.864. The lowest BCUT2D eigenvalue weighted by Crippen LogP contribution is -2.34. The van der Waals surface area contributed by atoms with E-state index in [-0.39, 0.29) is 19.7 Å². The molecule has 0 heterocycles. The van der Waals surface area contributed by atoms with Crippen LogP contribution in [0, 0.1) is 11.3 Å². The molecule has 0 radical (unpaired) electrons. The zero-order valence-corrected chi connectivity index (χ0v) is 10.3. The van der Waals surface area contributed by atoms with Gasteiger partial charge in [0.15, 0.2) is 0 Å². The van der Waals surface area contributed by atoms with Crippen LogP contribution in [0.25, 0.3) is 0 Å². The number of hydrogen-bond acceptors (Lipinski definition) is 3. The lowest BCUT2D eigenvalue weighted by atomic mass is 10.1. The Morgan fingerprint density at radius 3 is 2.32 bits per heavy atom. The van der Waals surface area contributed by atoms with Crippen molar-refractivity contribution in [3.63, 3.8) is 0 Å². The molecule has 104 valence electrons. The van der Waals surface area contributed by atoms with Crippen LogP contribution < -0.4 is 0 Å². The fourth-order valence-corrected chi connectivity index (χ4v) is 1.70. The van der Waals surface area contributed by atoms with Crippen LogP contribution in [0.15, 0.2) is 24.3 Å². The fourth-order valence-electron chi connectivity index (χ4n) is 1.70. The summed E-state index contributed by atoms with van der Waals surface area (Å²) < 4.78 is 37.2. The maximum absolute atomic E-state index is 12.4. The van der Waals surface area contributed by atoms with Crippen molar-refractivity contribution in [3.8, 4) is 6.07 Å². The first-order valence-electron chi connectivity index (χ1n) is 5.83. The molecule has 0 fully saturated rings. The van der Waals surface area contributed by atoms with Crippen molar-refractivity contribution < 1.29 is 18.3 Å². The standard InChI is InChI=1S/C13H15F3N2O/c14-13(15,16)10-18(6-1-7-19)9-12-4-2-11(8-17)3-5-12/h2-5,19H,1,6-7,9-10H2. The summed E-state index contributed by atoms with van der Waals surface area (Å²) in [6.45, 7) is -0.823. The van der Waals surface area contributed by atoms with Gasteiger partial charge in [0, 0.05) is 19.7 Å². The second kappa shape index (κ2) is 7.12. The van der Waals surface area contributed by atoms with E-state index in [0.29, 0.717) is 17.5 Å². The van der Waals surface area contributed by atoms with Gasteiger partial charge in [-0.25, -0.2) is 0 Å². The van der Waals surface area contributed by atoms with Gasteiger partial charge in [0.05, 0.1) is 18.2 Å². The van der Waals surface area contributed by atoms with Gasteiger partial charge in [0.2, 0.25) is 0 Å². The molecule has 0 saturated carbocycles. The van der Waals surface area contributed by atoms with Gasteiger partial charge in [0.25, 0.3) is 0 Å². The molecule has 0 saturated heterocycles. The average Bonchev–Trinajstić information content (AvgIpc) is 2.35. The van der Waals surface area contributed by atoms with Crippen LogP contribution in [-0.2, 0) is 6.54 Å². The summed E-state index contributed by atoms with van der Waals surface area (Å²) >= 11 is 0. The highest BCUT2D eigenvalue weighted by Crippen LogP contribution is 2.18. The van der Waals surface area contributed by atoms with E-state index in [4.69, 9.17) is 10.4 Å². The molecular formula is C13H15F3N2O. The van der Waals surface area contributed by atoms with E-state index >= 15 is 0 Å². The molecule has 1 rings (SSSR count). The van der Waals surface area contributed by atoms with Gasteiger partial charge in [-0.15, -0.1) is 0 Å². The Morgan fingerprint density at radius 1 is 1.21 bits per heavy atom. The van der Waals surface area contributed by atoms with Crippen molar-refractivity contribution in [1.82, 2.24) is 4.90 Å². The number of alkyl halides is 3. The van der Waals surface area contributed by atoms with Crippen LogP contribution in [0.3, 0.4) is 0 Å². The molecular weight excluding hydrogens is 257 g/mol. The first kappa shape index (κ1) is 15.5. The topological polar surface area (TPSA) is 47.3 Å². The van der Waals surface area contributed by atoms with E-state index in [2.05, 4.69) is 0 Å². The predicted octanol–water partition coefficient (Wildman–Crippen LogP) is 2.30. The van der Waals surface area contributed by atoms with Gasteiger partial charge in [-0.1, -0.05) is 12.1 Å². The Kier molecular flexibility index (Phi) is 5.80. The zero-order valence-electron chi connectivity index (χ0n) is 10.3. The summed E-state index contributed by atoms with van der Waals surface area (Å²) in [6, 6.07) is 8.39. The highest BCUT2D eigenvalue weighted by Gasteiger charge is 2.30. The lowest BCUT2D eigenvalue weighted by Gasteiger charge is -2.23. The SMILES string of the molecule is N#Cc1ccc(CN(CCCO)CC(F)(F)F)cc1. The molecule has 0 bridgehead atoms. The number of aliphatic hydroxyl groups excluding tert-OH is 1. The highest BCUT2D eigenvalue weighted by atomic mass is 19.4. The van der Waals surface area contributed by atoms with E-state index in [1.165, 1.54) is 4.90 Å². The van der Waals surface area contributed by atoms with E-state index in [1.807, 2.05) is 6.07 Å². The molecule has 19 heavy (non-hydrogen) atoms. The Hall–Kier alpha value is -1.58. The van der Waals surface area contributed by atoms with Crippen molar-refractivity contribution >= 4 is 0 Å². The molecule has 0 aromatic heterocycles.